The van der Waals surface area contributed by atoms with Crippen molar-refractivity contribution in [1.29, 1.82) is 0 Å². The molecule has 0 unspecified atom stereocenters. The van der Waals surface area contributed by atoms with Gasteiger partial charge >= 0.3 is 6.03 Å². The van der Waals surface area contributed by atoms with Crippen LogP contribution in [0.4, 0.5) is 10.5 Å². The minimum atomic E-state index is -0.189. The fraction of sp³-hybridized carbons (Fsp3) is 0.333. The van der Waals surface area contributed by atoms with Crippen molar-refractivity contribution >= 4 is 22.6 Å². The molecule has 4 heteroatoms. The first kappa shape index (κ1) is 13.3. The fourth-order valence-corrected chi connectivity index (χ4v) is 1.72. The Balaban J connectivity index is 2.11. The Hall–Kier alpha value is -2.10. The molecule has 100 valence electrons. The highest BCUT2D eigenvalue weighted by molar-refractivity contribution is 6.00. The van der Waals surface area contributed by atoms with Gasteiger partial charge in [0.25, 0.3) is 0 Å². The van der Waals surface area contributed by atoms with E-state index in [1.807, 2.05) is 30.3 Å². The van der Waals surface area contributed by atoms with Crippen LogP contribution in [-0.2, 0) is 0 Å². The lowest BCUT2D eigenvalue weighted by molar-refractivity contribution is 0.247. The van der Waals surface area contributed by atoms with Gasteiger partial charge in [0.05, 0.1) is 11.2 Å². The van der Waals surface area contributed by atoms with Gasteiger partial charge in [-0.15, -0.1) is 0 Å². The molecular weight excluding hydrogens is 238 g/mol. The average Bonchev–Trinajstić information content (AvgIpc) is 2.36. The Bertz CT molecular complexity index is 582. The number of nitrogens with one attached hydrogen (secondary N) is 2. The largest absolute Gasteiger partial charge is 0.337 e. The highest BCUT2D eigenvalue weighted by Gasteiger charge is 2.12. The van der Waals surface area contributed by atoms with E-state index in [1.165, 1.54) is 0 Å². The summed E-state index contributed by atoms with van der Waals surface area (Å²) in [7, 11) is 0. The Kier molecular flexibility index (Phi) is 3.69. The summed E-state index contributed by atoms with van der Waals surface area (Å²) in [4.78, 5) is 16.1. The summed E-state index contributed by atoms with van der Waals surface area (Å²) in [5.41, 5.74) is 1.71. The van der Waals surface area contributed by atoms with Gasteiger partial charge in [-0.3, -0.25) is 4.98 Å². The number of carbonyl (C=O) groups is 1. The second-order valence-electron chi connectivity index (χ2n) is 5.74. The number of anilines is 1. The van der Waals surface area contributed by atoms with E-state index in [0.29, 0.717) is 6.54 Å². The summed E-state index contributed by atoms with van der Waals surface area (Å²) in [6.45, 7) is 6.86. The number of benzene rings is 1. The van der Waals surface area contributed by atoms with Crippen molar-refractivity contribution in [2.45, 2.75) is 20.8 Å². The van der Waals surface area contributed by atoms with Crippen LogP contribution >= 0.6 is 0 Å². The van der Waals surface area contributed by atoms with Crippen molar-refractivity contribution in [3.8, 4) is 0 Å². The predicted molar refractivity (Wildman–Crippen MR) is 78.2 cm³/mol. The first-order valence-corrected chi connectivity index (χ1v) is 6.34. The van der Waals surface area contributed by atoms with Crippen molar-refractivity contribution in [3.63, 3.8) is 0 Å². The Morgan fingerprint density at radius 1 is 1.21 bits per heavy atom. The molecule has 0 atom stereocenters. The SMILES string of the molecule is CC(C)(C)CNC(=O)Nc1cccc2ncccc12. The molecule has 1 heterocycles. The maximum absolute atomic E-state index is 11.9. The molecule has 2 aromatic rings. The maximum Gasteiger partial charge on any atom is 0.319 e. The van der Waals surface area contributed by atoms with Crippen molar-refractivity contribution in [2.75, 3.05) is 11.9 Å². The Morgan fingerprint density at radius 3 is 2.74 bits per heavy atom. The van der Waals surface area contributed by atoms with Gasteiger partial charge in [0.15, 0.2) is 0 Å². The minimum Gasteiger partial charge on any atom is -0.337 e. The highest BCUT2D eigenvalue weighted by atomic mass is 16.2. The van der Waals surface area contributed by atoms with Crippen LogP contribution in [-0.4, -0.2) is 17.6 Å². The summed E-state index contributed by atoms with van der Waals surface area (Å²) in [6.07, 6.45) is 1.74. The third-order valence-corrected chi connectivity index (χ3v) is 2.67. The number of hydrogen-bond acceptors (Lipinski definition) is 2. The lowest BCUT2D eigenvalue weighted by Gasteiger charge is -2.19. The zero-order chi connectivity index (χ0) is 13.9. The first-order chi connectivity index (χ1) is 8.96. The quantitative estimate of drug-likeness (QED) is 0.866. The van der Waals surface area contributed by atoms with E-state index in [2.05, 4.69) is 36.4 Å². The van der Waals surface area contributed by atoms with Crippen LogP contribution in [0.25, 0.3) is 10.9 Å². The van der Waals surface area contributed by atoms with Crippen molar-refractivity contribution < 1.29 is 4.79 Å². The molecule has 2 amide bonds. The number of nitrogens with zero attached hydrogens (tertiary/aromatic N) is 1. The predicted octanol–water partition coefficient (Wildman–Crippen LogP) is 3.40. The van der Waals surface area contributed by atoms with E-state index >= 15 is 0 Å². The molecule has 0 radical (unpaired) electrons. The summed E-state index contributed by atoms with van der Waals surface area (Å²) >= 11 is 0. The molecule has 2 N–H and O–H groups in total. The van der Waals surface area contributed by atoms with Crippen LogP contribution in [0.2, 0.25) is 0 Å². The van der Waals surface area contributed by atoms with Crippen molar-refractivity contribution in [1.82, 2.24) is 10.3 Å². The van der Waals surface area contributed by atoms with Crippen LogP contribution in [0.3, 0.4) is 0 Å². The second kappa shape index (κ2) is 5.26. The van der Waals surface area contributed by atoms with E-state index in [1.54, 1.807) is 6.20 Å². The number of pyridine rings is 1. The molecule has 0 aliphatic heterocycles. The highest BCUT2D eigenvalue weighted by Crippen LogP contribution is 2.21. The van der Waals surface area contributed by atoms with Crippen LogP contribution in [0.1, 0.15) is 20.8 Å². The van der Waals surface area contributed by atoms with Gasteiger partial charge in [0, 0.05) is 18.1 Å². The second-order valence-corrected chi connectivity index (χ2v) is 5.74. The number of carbonyl (C=O) groups excluding carboxylic acids is 1. The van der Waals surface area contributed by atoms with E-state index in [4.69, 9.17) is 0 Å². The van der Waals surface area contributed by atoms with Gasteiger partial charge in [-0.2, -0.15) is 0 Å². The molecule has 0 saturated heterocycles. The first-order valence-electron chi connectivity index (χ1n) is 6.34. The molecule has 0 bridgehead atoms. The zero-order valence-corrected chi connectivity index (χ0v) is 11.5. The molecule has 0 aliphatic carbocycles. The standard InChI is InChI=1S/C15H19N3O/c1-15(2,3)10-17-14(19)18-13-8-4-7-12-11(13)6-5-9-16-12/h4-9H,10H2,1-3H3,(H2,17,18,19). The van der Waals surface area contributed by atoms with Crippen LogP contribution in [0.15, 0.2) is 36.5 Å². The molecule has 19 heavy (non-hydrogen) atoms. The van der Waals surface area contributed by atoms with Gasteiger partial charge in [0.1, 0.15) is 0 Å². The summed E-state index contributed by atoms with van der Waals surface area (Å²) in [5, 5.41) is 6.67. The zero-order valence-electron chi connectivity index (χ0n) is 11.5. The van der Waals surface area contributed by atoms with Gasteiger partial charge in [-0.25, -0.2) is 4.79 Å². The molecule has 0 aliphatic rings. The summed E-state index contributed by atoms with van der Waals surface area (Å²) < 4.78 is 0. The van der Waals surface area contributed by atoms with Crippen molar-refractivity contribution in [2.24, 2.45) is 5.41 Å². The summed E-state index contributed by atoms with van der Waals surface area (Å²) in [5.74, 6) is 0. The Morgan fingerprint density at radius 2 is 2.00 bits per heavy atom. The summed E-state index contributed by atoms with van der Waals surface area (Å²) in [6, 6.07) is 9.30. The van der Waals surface area contributed by atoms with Crippen LogP contribution < -0.4 is 10.6 Å². The van der Waals surface area contributed by atoms with E-state index in [0.717, 1.165) is 16.6 Å². The van der Waals surface area contributed by atoms with Gasteiger partial charge < -0.3 is 10.6 Å². The number of hydrogen-bond donors (Lipinski definition) is 2. The van der Waals surface area contributed by atoms with E-state index < -0.39 is 0 Å². The van der Waals surface area contributed by atoms with Gasteiger partial charge in [-0.1, -0.05) is 26.8 Å². The average molecular weight is 257 g/mol. The monoisotopic (exact) mass is 257 g/mol. The van der Waals surface area contributed by atoms with Crippen molar-refractivity contribution in [3.05, 3.63) is 36.5 Å². The molecule has 1 aromatic heterocycles. The number of urea groups is 1. The molecule has 0 fully saturated rings. The smallest absolute Gasteiger partial charge is 0.319 e. The third kappa shape index (κ3) is 3.68. The molecule has 0 spiro atoms. The molecule has 0 saturated carbocycles. The van der Waals surface area contributed by atoms with Crippen LogP contribution in [0, 0.1) is 5.41 Å². The lowest BCUT2D eigenvalue weighted by atomic mass is 9.97. The lowest BCUT2D eigenvalue weighted by Crippen LogP contribution is -2.35. The minimum absolute atomic E-state index is 0.0671. The maximum atomic E-state index is 11.9. The fourth-order valence-electron chi connectivity index (χ4n) is 1.72. The van der Waals surface area contributed by atoms with E-state index in [-0.39, 0.29) is 11.4 Å². The number of rotatable bonds is 2. The topological polar surface area (TPSA) is 54.0 Å². The molecular formula is C15H19N3O. The number of fused-ring (bicyclic) bond motifs is 1. The van der Waals surface area contributed by atoms with E-state index in [9.17, 15) is 4.79 Å². The van der Waals surface area contributed by atoms with Crippen LogP contribution in [0.5, 0.6) is 0 Å². The number of aromatic nitrogens is 1. The third-order valence-electron chi connectivity index (χ3n) is 2.67. The van der Waals surface area contributed by atoms with Gasteiger partial charge in [0.2, 0.25) is 0 Å². The molecule has 1 aromatic carbocycles. The van der Waals surface area contributed by atoms with Gasteiger partial charge in [-0.05, 0) is 29.7 Å². The molecule has 4 nitrogen and oxygen atoms in total. The molecule has 2 rings (SSSR count). The number of amides is 2. The normalized spacial score (nSPS) is 11.3. The Labute approximate surface area is 113 Å².